The number of nitrogens with zero attached hydrogens (tertiary/aromatic N) is 1. The first-order valence-electron chi connectivity index (χ1n) is 3.77. The molecule has 1 heterocycles. The fourth-order valence-electron chi connectivity index (χ4n) is 1.25. The Labute approximate surface area is 77.9 Å². The Morgan fingerprint density at radius 2 is 2.17 bits per heavy atom. The van der Waals surface area contributed by atoms with Gasteiger partial charge in [0.05, 0.1) is 6.26 Å². The van der Waals surface area contributed by atoms with Crippen molar-refractivity contribution in [3.63, 3.8) is 0 Å². The first-order chi connectivity index (χ1) is 5.51. The Morgan fingerprint density at radius 3 is 2.58 bits per heavy atom. The minimum Gasteiger partial charge on any atom is -0.299 e. The second-order valence-corrected chi connectivity index (χ2v) is 5.19. The maximum Gasteiger partial charge on any atom is 0.209 e. The number of likely N-dealkylation sites (tertiary alicyclic amines) is 1. The zero-order chi connectivity index (χ0) is 9.19. The molecule has 0 unspecified atom stereocenters. The Balaban J connectivity index is 2.18. The summed E-state index contributed by atoms with van der Waals surface area (Å²) in [6.07, 6.45) is 1.18. The average Bonchev–Trinajstić information content (AvgIpc) is 1.80. The number of alkyl halides is 1. The molecule has 0 bridgehead atoms. The van der Waals surface area contributed by atoms with Gasteiger partial charge in [-0.3, -0.25) is 4.90 Å². The van der Waals surface area contributed by atoms with Gasteiger partial charge >= 0.3 is 0 Å². The van der Waals surface area contributed by atoms with Crippen LogP contribution in [0.4, 0.5) is 0 Å². The quantitative estimate of drug-likeness (QED) is 0.637. The summed E-state index contributed by atoms with van der Waals surface area (Å²) in [5.74, 6) is 0.603. The van der Waals surface area contributed by atoms with Crippen molar-refractivity contribution in [2.24, 2.45) is 0 Å². The van der Waals surface area contributed by atoms with E-state index < -0.39 is 10.0 Å². The van der Waals surface area contributed by atoms with Crippen LogP contribution < -0.4 is 4.72 Å². The minimum atomic E-state index is -3.03. The van der Waals surface area contributed by atoms with Crippen molar-refractivity contribution in [2.45, 2.75) is 6.04 Å². The molecule has 0 aliphatic carbocycles. The van der Waals surface area contributed by atoms with Gasteiger partial charge in [-0.05, 0) is 0 Å². The summed E-state index contributed by atoms with van der Waals surface area (Å²) < 4.78 is 24.0. The topological polar surface area (TPSA) is 49.4 Å². The van der Waals surface area contributed by atoms with Crippen molar-refractivity contribution in [3.05, 3.63) is 0 Å². The van der Waals surface area contributed by atoms with E-state index in [1.54, 1.807) is 0 Å². The molecule has 1 aliphatic rings. The van der Waals surface area contributed by atoms with Crippen LogP contribution in [0.15, 0.2) is 0 Å². The Morgan fingerprint density at radius 1 is 1.58 bits per heavy atom. The van der Waals surface area contributed by atoms with Crippen LogP contribution in [0.2, 0.25) is 0 Å². The molecule has 72 valence electrons. The SMILES string of the molecule is CS(=O)(=O)NC1CN(CCCl)C1. The second kappa shape index (κ2) is 3.91. The highest BCUT2D eigenvalue weighted by atomic mass is 35.5. The fraction of sp³-hybridized carbons (Fsp3) is 1.00. The van der Waals surface area contributed by atoms with Crippen LogP contribution in [0.5, 0.6) is 0 Å². The summed E-state index contributed by atoms with van der Waals surface area (Å²) >= 11 is 5.51. The van der Waals surface area contributed by atoms with Crippen LogP contribution >= 0.6 is 11.6 Å². The van der Waals surface area contributed by atoms with Gasteiger partial charge in [0, 0.05) is 31.6 Å². The lowest BCUT2D eigenvalue weighted by molar-refractivity contribution is 0.151. The van der Waals surface area contributed by atoms with E-state index in [-0.39, 0.29) is 6.04 Å². The molecule has 0 amide bonds. The fourth-order valence-corrected chi connectivity index (χ4v) is 2.24. The molecule has 12 heavy (non-hydrogen) atoms. The highest BCUT2D eigenvalue weighted by Gasteiger charge is 2.27. The Bertz CT molecular complexity index is 236. The van der Waals surface area contributed by atoms with E-state index >= 15 is 0 Å². The monoisotopic (exact) mass is 212 g/mol. The first-order valence-corrected chi connectivity index (χ1v) is 6.19. The van der Waals surface area contributed by atoms with Gasteiger partial charge < -0.3 is 0 Å². The van der Waals surface area contributed by atoms with Gasteiger partial charge in [0.1, 0.15) is 0 Å². The van der Waals surface area contributed by atoms with Crippen molar-refractivity contribution in [2.75, 3.05) is 31.8 Å². The van der Waals surface area contributed by atoms with Crippen LogP contribution in [0, 0.1) is 0 Å². The van der Waals surface area contributed by atoms with E-state index in [0.29, 0.717) is 5.88 Å². The van der Waals surface area contributed by atoms with Gasteiger partial charge in [0.25, 0.3) is 0 Å². The van der Waals surface area contributed by atoms with E-state index in [1.807, 2.05) is 0 Å². The summed E-state index contributed by atoms with van der Waals surface area (Å²) in [6.45, 7) is 2.39. The third-order valence-electron chi connectivity index (χ3n) is 1.74. The molecule has 0 spiro atoms. The molecule has 1 N–H and O–H groups in total. The largest absolute Gasteiger partial charge is 0.299 e. The van der Waals surface area contributed by atoms with Crippen molar-refractivity contribution in [1.82, 2.24) is 9.62 Å². The number of halogens is 1. The maximum atomic E-state index is 10.7. The number of hydrogen-bond acceptors (Lipinski definition) is 3. The van der Waals surface area contributed by atoms with Gasteiger partial charge in [-0.15, -0.1) is 11.6 Å². The molecule has 1 aliphatic heterocycles. The molecule has 0 aromatic carbocycles. The number of nitrogens with one attached hydrogen (secondary N) is 1. The van der Waals surface area contributed by atoms with Crippen LogP contribution in [-0.4, -0.2) is 51.1 Å². The average molecular weight is 213 g/mol. The molecule has 1 saturated heterocycles. The molecular formula is C6H13ClN2O2S. The molecule has 0 aromatic rings. The maximum absolute atomic E-state index is 10.7. The molecule has 0 radical (unpaired) electrons. The van der Waals surface area contributed by atoms with E-state index in [4.69, 9.17) is 11.6 Å². The molecule has 0 saturated carbocycles. The van der Waals surface area contributed by atoms with Crippen molar-refractivity contribution >= 4 is 21.6 Å². The van der Waals surface area contributed by atoms with E-state index in [9.17, 15) is 8.42 Å². The van der Waals surface area contributed by atoms with Crippen LogP contribution in [-0.2, 0) is 10.0 Å². The number of hydrogen-bond donors (Lipinski definition) is 1. The molecule has 6 heteroatoms. The zero-order valence-electron chi connectivity index (χ0n) is 6.96. The van der Waals surface area contributed by atoms with Crippen molar-refractivity contribution in [3.8, 4) is 0 Å². The van der Waals surface area contributed by atoms with E-state index in [0.717, 1.165) is 19.6 Å². The van der Waals surface area contributed by atoms with Gasteiger partial charge in [-0.1, -0.05) is 0 Å². The lowest BCUT2D eigenvalue weighted by atomic mass is 10.1. The van der Waals surface area contributed by atoms with Crippen molar-refractivity contribution in [1.29, 1.82) is 0 Å². The van der Waals surface area contributed by atoms with E-state index in [2.05, 4.69) is 9.62 Å². The van der Waals surface area contributed by atoms with Gasteiger partial charge in [0.15, 0.2) is 0 Å². The van der Waals surface area contributed by atoms with Crippen LogP contribution in [0.1, 0.15) is 0 Å². The lowest BCUT2D eigenvalue weighted by Gasteiger charge is -2.38. The molecule has 4 nitrogen and oxygen atoms in total. The van der Waals surface area contributed by atoms with Gasteiger partial charge in [0.2, 0.25) is 10.0 Å². The zero-order valence-corrected chi connectivity index (χ0v) is 8.53. The van der Waals surface area contributed by atoms with Gasteiger partial charge in [-0.25, -0.2) is 13.1 Å². The third-order valence-corrected chi connectivity index (χ3v) is 2.67. The van der Waals surface area contributed by atoms with E-state index in [1.165, 1.54) is 6.26 Å². The molecule has 0 atom stereocenters. The van der Waals surface area contributed by atoms with Crippen LogP contribution in [0.25, 0.3) is 0 Å². The highest BCUT2D eigenvalue weighted by Crippen LogP contribution is 2.07. The lowest BCUT2D eigenvalue weighted by Crippen LogP contribution is -2.59. The third kappa shape index (κ3) is 3.26. The summed E-state index contributed by atoms with van der Waals surface area (Å²) in [4.78, 5) is 2.11. The predicted octanol–water partition coefficient (Wildman–Crippen LogP) is -0.541. The molecule has 0 aromatic heterocycles. The second-order valence-electron chi connectivity index (χ2n) is 3.04. The summed E-state index contributed by atoms with van der Waals surface area (Å²) in [6, 6.07) is 0.0863. The van der Waals surface area contributed by atoms with Gasteiger partial charge in [-0.2, -0.15) is 0 Å². The standard InChI is InChI=1S/C6H13ClN2O2S/c1-12(10,11)8-6-4-9(5-6)3-2-7/h6,8H,2-5H2,1H3. The predicted molar refractivity (Wildman–Crippen MR) is 48.9 cm³/mol. The first kappa shape index (κ1) is 10.2. The number of rotatable bonds is 4. The molecular weight excluding hydrogens is 200 g/mol. The summed E-state index contributed by atoms with van der Waals surface area (Å²) in [5.41, 5.74) is 0. The summed E-state index contributed by atoms with van der Waals surface area (Å²) in [5, 5.41) is 0. The smallest absolute Gasteiger partial charge is 0.209 e. The molecule has 1 rings (SSSR count). The molecule has 1 fully saturated rings. The highest BCUT2D eigenvalue weighted by molar-refractivity contribution is 7.88. The number of sulfonamides is 1. The Hall–Kier alpha value is 0.160. The van der Waals surface area contributed by atoms with Crippen LogP contribution in [0.3, 0.4) is 0 Å². The Kier molecular flexibility index (Phi) is 3.34. The normalized spacial score (nSPS) is 20.8. The minimum absolute atomic E-state index is 0.0863. The van der Waals surface area contributed by atoms with Crippen molar-refractivity contribution < 1.29 is 8.42 Å². The summed E-state index contributed by atoms with van der Waals surface area (Å²) in [7, 11) is -3.03.